The van der Waals surface area contributed by atoms with Crippen molar-refractivity contribution >= 4 is 11.0 Å². The Balaban J connectivity index is 1.68. The van der Waals surface area contributed by atoms with Gasteiger partial charge in [0.05, 0.1) is 23.1 Å². The van der Waals surface area contributed by atoms with E-state index < -0.39 is 0 Å². The molecule has 0 unspecified atom stereocenters. The predicted octanol–water partition coefficient (Wildman–Crippen LogP) is 3.30. The SMILES string of the molecule is O=c1cc(-c2ccc3ncn(CC4CCCCC4)c3c2)[nH][nH]1. The van der Waals surface area contributed by atoms with Crippen LogP contribution in [0.1, 0.15) is 32.1 Å². The maximum Gasteiger partial charge on any atom is 0.264 e. The molecule has 0 atom stereocenters. The Hall–Kier alpha value is -2.30. The van der Waals surface area contributed by atoms with Crippen LogP contribution in [0, 0.1) is 5.92 Å². The fourth-order valence-corrected chi connectivity index (χ4v) is 3.51. The summed E-state index contributed by atoms with van der Waals surface area (Å²) in [6, 6.07) is 7.72. The first kappa shape index (κ1) is 13.4. The Morgan fingerprint density at radius 2 is 2.00 bits per heavy atom. The first-order chi connectivity index (χ1) is 10.8. The van der Waals surface area contributed by atoms with Gasteiger partial charge in [-0.2, -0.15) is 0 Å². The maximum absolute atomic E-state index is 11.3. The lowest BCUT2D eigenvalue weighted by molar-refractivity contribution is 0.322. The number of aromatic amines is 2. The number of aromatic nitrogens is 4. The van der Waals surface area contributed by atoms with E-state index in [9.17, 15) is 4.79 Å². The van der Waals surface area contributed by atoms with Crippen molar-refractivity contribution in [3.05, 3.63) is 40.9 Å². The normalized spacial score (nSPS) is 16.4. The van der Waals surface area contributed by atoms with Crippen LogP contribution in [0.4, 0.5) is 0 Å². The van der Waals surface area contributed by atoms with Gasteiger partial charge in [0, 0.05) is 18.2 Å². The molecule has 1 aliphatic carbocycles. The third-order valence-electron chi connectivity index (χ3n) is 4.71. The maximum atomic E-state index is 11.3. The van der Waals surface area contributed by atoms with Gasteiger partial charge >= 0.3 is 0 Å². The fourth-order valence-electron chi connectivity index (χ4n) is 3.51. The van der Waals surface area contributed by atoms with Crippen LogP contribution in [0.3, 0.4) is 0 Å². The highest BCUT2D eigenvalue weighted by Crippen LogP contribution is 2.27. The lowest BCUT2D eigenvalue weighted by atomic mass is 9.89. The third kappa shape index (κ3) is 2.47. The molecule has 0 aliphatic heterocycles. The Labute approximate surface area is 128 Å². The van der Waals surface area contributed by atoms with Crippen LogP contribution in [-0.4, -0.2) is 19.7 Å². The average molecular weight is 296 g/mol. The highest BCUT2D eigenvalue weighted by molar-refractivity contribution is 5.81. The monoisotopic (exact) mass is 296 g/mol. The van der Waals surface area contributed by atoms with Gasteiger partial charge in [-0.1, -0.05) is 25.3 Å². The summed E-state index contributed by atoms with van der Waals surface area (Å²) in [5.74, 6) is 0.766. The number of nitrogens with zero attached hydrogens (tertiary/aromatic N) is 2. The van der Waals surface area contributed by atoms with Crippen LogP contribution in [0.5, 0.6) is 0 Å². The summed E-state index contributed by atoms with van der Waals surface area (Å²) >= 11 is 0. The minimum Gasteiger partial charge on any atom is -0.330 e. The molecule has 3 aromatic rings. The molecule has 1 aliphatic rings. The van der Waals surface area contributed by atoms with Gasteiger partial charge in [-0.05, 0) is 30.9 Å². The van der Waals surface area contributed by atoms with Gasteiger partial charge in [-0.25, -0.2) is 4.98 Å². The molecule has 0 amide bonds. The number of rotatable bonds is 3. The molecular formula is C17H20N4O. The molecule has 0 bridgehead atoms. The summed E-state index contributed by atoms with van der Waals surface area (Å²) in [7, 11) is 0. The molecule has 0 radical (unpaired) electrons. The van der Waals surface area contributed by atoms with Crippen LogP contribution in [0.15, 0.2) is 35.4 Å². The number of hydrogen-bond donors (Lipinski definition) is 2. The minimum atomic E-state index is -0.106. The van der Waals surface area contributed by atoms with E-state index >= 15 is 0 Å². The van der Waals surface area contributed by atoms with Crippen molar-refractivity contribution in [1.82, 2.24) is 19.7 Å². The first-order valence-corrected chi connectivity index (χ1v) is 8.02. The highest BCUT2D eigenvalue weighted by Gasteiger charge is 2.15. The van der Waals surface area contributed by atoms with Gasteiger partial charge in [0.25, 0.3) is 5.56 Å². The lowest BCUT2D eigenvalue weighted by Crippen LogP contribution is -2.13. The van der Waals surface area contributed by atoms with Crippen molar-refractivity contribution in [2.45, 2.75) is 38.6 Å². The standard InChI is InChI=1S/C17H20N4O/c22-17-9-15(19-20-17)13-6-7-14-16(8-13)21(11-18-14)10-12-4-2-1-3-5-12/h6-9,11-12H,1-5,10H2,(H2,19,20,22). The molecule has 2 heterocycles. The van der Waals surface area contributed by atoms with Crippen molar-refractivity contribution < 1.29 is 0 Å². The predicted molar refractivity (Wildman–Crippen MR) is 86.7 cm³/mol. The summed E-state index contributed by atoms with van der Waals surface area (Å²) in [6.07, 6.45) is 8.68. The zero-order valence-electron chi connectivity index (χ0n) is 12.5. The number of hydrogen-bond acceptors (Lipinski definition) is 2. The van der Waals surface area contributed by atoms with Gasteiger partial charge in [-0.3, -0.25) is 15.0 Å². The quantitative estimate of drug-likeness (QED) is 0.778. The Bertz CT molecular complexity index is 836. The Morgan fingerprint density at radius 1 is 1.14 bits per heavy atom. The van der Waals surface area contributed by atoms with Gasteiger partial charge in [0.2, 0.25) is 0 Å². The third-order valence-corrected chi connectivity index (χ3v) is 4.71. The molecule has 114 valence electrons. The molecular weight excluding hydrogens is 276 g/mol. The van der Waals surface area contributed by atoms with E-state index in [1.165, 1.54) is 32.1 Å². The van der Waals surface area contributed by atoms with Crippen molar-refractivity contribution in [2.75, 3.05) is 0 Å². The van der Waals surface area contributed by atoms with Crippen LogP contribution >= 0.6 is 0 Å². The van der Waals surface area contributed by atoms with Gasteiger partial charge in [-0.15, -0.1) is 0 Å². The minimum absolute atomic E-state index is 0.106. The van der Waals surface area contributed by atoms with Gasteiger partial charge in [0.1, 0.15) is 0 Å². The molecule has 4 rings (SSSR count). The molecule has 0 spiro atoms. The zero-order valence-corrected chi connectivity index (χ0v) is 12.5. The Kier molecular flexibility index (Phi) is 3.33. The number of H-pyrrole nitrogens is 2. The molecule has 1 fully saturated rings. The van der Waals surface area contributed by atoms with Crippen LogP contribution < -0.4 is 5.56 Å². The average Bonchev–Trinajstić information content (AvgIpc) is 3.15. The molecule has 5 heteroatoms. The van der Waals surface area contributed by atoms with Crippen LogP contribution in [-0.2, 0) is 6.54 Å². The number of fused-ring (bicyclic) bond motifs is 1. The molecule has 1 saturated carbocycles. The van der Waals surface area contributed by atoms with Crippen LogP contribution in [0.25, 0.3) is 22.3 Å². The second kappa shape index (κ2) is 5.48. The van der Waals surface area contributed by atoms with E-state index in [2.05, 4.69) is 25.8 Å². The van der Waals surface area contributed by atoms with Crippen molar-refractivity contribution in [3.8, 4) is 11.3 Å². The van der Waals surface area contributed by atoms with Crippen LogP contribution in [0.2, 0.25) is 0 Å². The van der Waals surface area contributed by atoms with Crippen molar-refractivity contribution in [3.63, 3.8) is 0 Å². The largest absolute Gasteiger partial charge is 0.330 e. The summed E-state index contributed by atoms with van der Waals surface area (Å²) in [5.41, 5.74) is 3.88. The smallest absolute Gasteiger partial charge is 0.264 e. The lowest BCUT2D eigenvalue weighted by Gasteiger charge is -2.22. The van der Waals surface area contributed by atoms with E-state index in [4.69, 9.17) is 0 Å². The van der Waals surface area contributed by atoms with E-state index in [1.54, 1.807) is 6.07 Å². The second-order valence-electron chi connectivity index (χ2n) is 6.28. The van der Waals surface area contributed by atoms with Gasteiger partial charge in [0.15, 0.2) is 0 Å². The van der Waals surface area contributed by atoms with E-state index in [0.717, 1.165) is 34.8 Å². The molecule has 0 saturated heterocycles. The molecule has 22 heavy (non-hydrogen) atoms. The summed E-state index contributed by atoms with van der Waals surface area (Å²) in [5, 5.41) is 5.50. The second-order valence-corrected chi connectivity index (χ2v) is 6.28. The number of benzene rings is 1. The molecule has 1 aromatic carbocycles. The van der Waals surface area contributed by atoms with E-state index in [0.29, 0.717) is 0 Å². The zero-order chi connectivity index (χ0) is 14.9. The van der Waals surface area contributed by atoms with E-state index in [-0.39, 0.29) is 5.56 Å². The van der Waals surface area contributed by atoms with Crippen molar-refractivity contribution in [2.24, 2.45) is 5.92 Å². The summed E-state index contributed by atoms with van der Waals surface area (Å²) < 4.78 is 2.26. The number of imidazole rings is 1. The fraction of sp³-hybridized carbons (Fsp3) is 0.412. The summed E-state index contributed by atoms with van der Waals surface area (Å²) in [4.78, 5) is 15.8. The first-order valence-electron chi connectivity index (χ1n) is 8.02. The van der Waals surface area contributed by atoms with Crippen molar-refractivity contribution in [1.29, 1.82) is 0 Å². The highest BCUT2D eigenvalue weighted by atomic mass is 16.1. The summed E-state index contributed by atoms with van der Waals surface area (Å²) in [6.45, 7) is 1.05. The number of nitrogens with one attached hydrogen (secondary N) is 2. The Morgan fingerprint density at radius 3 is 2.77 bits per heavy atom. The van der Waals surface area contributed by atoms with E-state index in [1.807, 2.05) is 18.5 Å². The molecule has 2 aromatic heterocycles. The molecule has 2 N–H and O–H groups in total. The van der Waals surface area contributed by atoms with Gasteiger partial charge < -0.3 is 4.57 Å². The topological polar surface area (TPSA) is 66.5 Å². The molecule has 5 nitrogen and oxygen atoms in total.